The quantitative estimate of drug-likeness (QED) is 0.778. The number of carbonyl (C=O) groups excluding carboxylic acids is 1. The highest BCUT2D eigenvalue weighted by Gasteiger charge is 2.13. The van der Waals surface area contributed by atoms with Crippen LogP contribution in [0.4, 0.5) is 0 Å². The van der Waals surface area contributed by atoms with Gasteiger partial charge in [-0.25, -0.2) is 9.78 Å². The second-order valence-corrected chi connectivity index (χ2v) is 4.61. The number of hydrogen-bond donors (Lipinski definition) is 0. The molecule has 0 saturated carbocycles. The van der Waals surface area contributed by atoms with Crippen LogP contribution < -0.4 is 4.74 Å². The summed E-state index contributed by atoms with van der Waals surface area (Å²) in [6, 6.07) is 7.57. The summed E-state index contributed by atoms with van der Waals surface area (Å²) in [6.45, 7) is 0. The van der Waals surface area contributed by atoms with Crippen molar-refractivity contribution in [3.63, 3.8) is 0 Å². The highest BCUT2D eigenvalue weighted by molar-refractivity contribution is 6.36. The van der Waals surface area contributed by atoms with Gasteiger partial charge in [0.15, 0.2) is 0 Å². The van der Waals surface area contributed by atoms with Crippen molar-refractivity contribution in [2.75, 3.05) is 0 Å². The van der Waals surface area contributed by atoms with Gasteiger partial charge in [0.25, 0.3) is 0 Å². The number of benzene rings is 1. The molecule has 2 aromatic rings. The number of esters is 1. The van der Waals surface area contributed by atoms with Crippen molar-refractivity contribution in [1.82, 2.24) is 4.98 Å². The Bertz CT molecular complexity index is 584. The molecule has 0 radical (unpaired) electrons. The molecule has 2 rings (SSSR count). The number of hydrogen-bond acceptors (Lipinski definition) is 3. The molecule has 0 aliphatic rings. The third-order valence-corrected chi connectivity index (χ3v) is 2.82. The zero-order chi connectivity index (χ0) is 13.1. The van der Waals surface area contributed by atoms with Crippen molar-refractivity contribution in [1.29, 1.82) is 0 Å². The monoisotopic (exact) mass is 301 g/mol. The average Bonchev–Trinajstić information content (AvgIpc) is 2.32. The molecule has 0 bridgehead atoms. The zero-order valence-corrected chi connectivity index (χ0v) is 11.1. The van der Waals surface area contributed by atoms with E-state index in [1.165, 1.54) is 24.4 Å². The fraction of sp³-hybridized carbons (Fsp3) is 0. The van der Waals surface area contributed by atoms with E-state index in [1.807, 2.05) is 0 Å². The number of carbonyl (C=O) groups is 1. The van der Waals surface area contributed by atoms with Gasteiger partial charge in [0, 0.05) is 17.3 Å². The largest absolute Gasteiger partial charge is 0.404 e. The van der Waals surface area contributed by atoms with E-state index in [0.717, 1.165) is 0 Å². The molecule has 0 aliphatic heterocycles. The fourth-order valence-electron chi connectivity index (χ4n) is 1.23. The van der Waals surface area contributed by atoms with E-state index in [1.54, 1.807) is 12.1 Å². The third-order valence-electron chi connectivity index (χ3n) is 2.05. The van der Waals surface area contributed by atoms with Gasteiger partial charge >= 0.3 is 5.97 Å². The zero-order valence-electron chi connectivity index (χ0n) is 8.86. The summed E-state index contributed by atoms with van der Waals surface area (Å²) in [4.78, 5) is 15.7. The SMILES string of the molecule is O=C(Oc1ccc(Cl)cn1)c1ccc(Cl)cc1Cl. The summed E-state index contributed by atoms with van der Waals surface area (Å²) >= 11 is 17.3. The smallest absolute Gasteiger partial charge is 0.346 e. The van der Waals surface area contributed by atoms with E-state index in [0.29, 0.717) is 10.0 Å². The van der Waals surface area contributed by atoms with Gasteiger partial charge < -0.3 is 4.74 Å². The minimum absolute atomic E-state index is 0.149. The standard InChI is InChI=1S/C12H6Cl3NO2/c13-7-1-3-9(10(15)5-7)12(17)18-11-4-2-8(14)6-16-11/h1-6H. The fourth-order valence-corrected chi connectivity index (χ4v) is 1.83. The van der Waals surface area contributed by atoms with E-state index < -0.39 is 5.97 Å². The lowest BCUT2D eigenvalue weighted by atomic mass is 10.2. The molecule has 3 nitrogen and oxygen atoms in total. The Morgan fingerprint density at radius 2 is 1.78 bits per heavy atom. The van der Waals surface area contributed by atoms with Crippen LogP contribution in [-0.2, 0) is 0 Å². The molecule has 1 aromatic carbocycles. The number of aromatic nitrogens is 1. The van der Waals surface area contributed by atoms with Crippen LogP contribution in [-0.4, -0.2) is 11.0 Å². The number of ether oxygens (including phenoxy) is 1. The van der Waals surface area contributed by atoms with Crippen LogP contribution in [0.25, 0.3) is 0 Å². The summed E-state index contributed by atoms with van der Waals surface area (Å²) in [5, 5.41) is 1.13. The van der Waals surface area contributed by atoms with Gasteiger partial charge in [0.05, 0.1) is 15.6 Å². The Labute approximate surface area is 118 Å². The molecule has 0 saturated heterocycles. The average molecular weight is 303 g/mol. The van der Waals surface area contributed by atoms with Crippen molar-refractivity contribution < 1.29 is 9.53 Å². The van der Waals surface area contributed by atoms with Crippen LogP contribution >= 0.6 is 34.8 Å². The van der Waals surface area contributed by atoms with E-state index in [-0.39, 0.29) is 16.5 Å². The van der Waals surface area contributed by atoms with Crippen molar-refractivity contribution in [3.05, 3.63) is 57.2 Å². The topological polar surface area (TPSA) is 39.2 Å². The van der Waals surface area contributed by atoms with Crippen LogP contribution in [0, 0.1) is 0 Å². The molecule has 0 N–H and O–H groups in total. The highest BCUT2D eigenvalue weighted by Crippen LogP contribution is 2.22. The Morgan fingerprint density at radius 1 is 1.06 bits per heavy atom. The summed E-state index contributed by atoms with van der Waals surface area (Å²) in [5.41, 5.74) is 0.220. The molecule has 0 spiro atoms. The predicted octanol–water partition coefficient (Wildman–Crippen LogP) is 4.26. The maximum absolute atomic E-state index is 11.8. The highest BCUT2D eigenvalue weighted by atomic mass is 35.5. The Balaban J connectivity index is 2.19. The molecule has 0 amide bonds. The van der Waals surface area contributed by atoms with Crippen LogP contribution in [0.15, 0.2) is 36.5 Å². The first-order chi connectivity index (χ1) is 8.56. The number of pyridine rings is 1. The summed E-state index contributed by atoms with van der Waals surface area (Å²) in [7, 11) is 0. The molecule has 1 heterocycles. The maximum atomic E-state index is 11.8. The van der Waals surface area contributed by atoms with Gasteiger partial charge in [-0.2, -0.15) is 0 Å². The van der Waals surface area contributed by atoms with E-state index in [4.69, 9.17) is 39.5 Å². The molecule has 1 aromatic heterocycles. The van der Waals surface area contributed by atoms with Crippen molar-refractivity contribution in [3.8, 4) is 5.88 Å². The molecule has 6 heteroatoms. The Hall–Kier alpha value is -1.29. The van der Waals surface area contributed by atoms with Gasteiger partial charge in [0.1, 0.15) is 0 Å². The van der Waals surface area contributed by atoms with Gasteiger partial charge in [-0.05, 0) is 24.3 Å². The van der Waals surface area contributed by atoms with Crippen LogP contribution in [0.3, 0.4) is 0 Å². The third kappa shape index (κ3) is 3.13. The normalized spacial score (nSPS) is 10.2. The maximum Gasteiger partial charge on any atom is 0.346 e. The number of nitrogens with zero attached hydrogens (tertiary/aromatic N) is 1. The molecular weight excluding hydrogens is 296 g/mol. The first kappa shape index (κ1) is 13.1. The van der Waals surface area contributed by atoms with Crippen molar-refractivity contribution >= 4 is 40.8 Å². The number of rotatable bonds is 2. The second-order valence-electron chi connectivity index (χ2n) is 3.33. The van der Waals surface area contributed by atoms with Crippen LogP contribution in [0.2, 0.25) is 15.1 Å². The lowest BCUT2D eigenvalue weighted by Crippen LogP contribution is -2.09. The molecule has 92 valence electrons. The first-order valence-electron chi connectivity index (χ1n) is 4.85. The lowest BCUT2D eigenvalue weighted by Gasteiger charge is -2.05. The second kappa shape index (κ2) is 5.57. The van der Waals surface area contributed by atoms with Gasteiger partial charge in [-0.1, -0.05) is 34.8 Å². The van der Waals surface area contributed by atoms with Gasteiger partial charge in [0.2, 0.25) is 5.88 Å². The van der Waals surface area contributed by atoms with E-state index in [2.05, 4.69) is 4.98 Å². The van der Waals surface area contributed by atoms with Crippen LogP contribution in [0.5, 0.6) is 5.88 Å². The molecular formula is C12H6Cl3NO2. The lowest BCUT2D eigenvalue weighted by molar-refractivity contribution is 0.0728. The molecule has 0 atom stereocenters. The molecule has 0 aliphatic carbocycles. The van der Waals surface area contributed by atoms with Gasteiger partial charge in [-0.15, -0.1) is 0 Å². The first-order valence-corrected chi connectivity index (χ1v) is 5.98. The summed E-state index contributed by atoms with van der Waals surface area (Å²) < 4.78 is 5.04. The predicted molar refractivity (Wildman–Crippen MR) is 70.7 cm³/mol. The Kier molecular flexibility index (Phi) is 4.07. The Morgan fingerprint density at radius 3 is 2.39 bits per heavy atom. The van der Waals surface area contributed by atoms with Crippen molar-refractivity contribution in [2.45, 2.75) is 0 Å². The van der Waals surface area contributed by atoms with E-state index in [9.17, 15) is 4.79 Å². The van der Waals surface area contributed by atoms with E-state index >= 15 is 0 Å². The molecule has 0 fully saturated rings. The van der Waals surface area contributed by atoms with Crippen molar-refractivity contribution in [2.24, 2.45) is 0 Å². The summed E-state index contributed by atoms with van der Waals surface area (Å²) in [6.07, 6.45) is 1.38. The van der Waals surface area contributed by atoms with Gasteiger partial charge in [-0.3, -0.25) is 0 Å². The molecule has 0 unspecified atom stereocenters. The minimum Gasteiger partial charge on any atom is -0.404 e. The summed E-state index contributed by atoms with van der Waals surface area (Å²) in [5.74, 6) is -0.457. The molecule has 18 heavy (non-hydrogen) atoms. The number of halogens is 3. The minimum atomic E-state index is -0.605. The van der Waals surface area contributed by atoms with Crippen LogP contribution in [0.1, 0.15) is 10.4 Å².